The Morgan fingerprint density at radius 2 is 2.00 bits per heavy atom. The number of benzene rings is 1. The monoisotopic (exact) mass is 357 g/mol. The third-order valence-electron chi connectivity index (χ3n) is 4.58. The van der Waals surface area contributed by atoms with Gasteiger partial charge in [-0.05, 0) is 30.5 Å². The maximum absolute atomic E-state index is 12.5. The Bertz CT molecular complexity index is 815. The van der Waals surface area contributed by atoms with E-state index in [0.717, 1.165) is 6.42 Å². The summed E-state index contributed by atoms with van der Waals surface area (Å²) >= 11 is 0. The van der Waals surface area contributed by atoms with Gasteiger partial charge in [0, 0.05) is 13.5 Å². The number of aryl methyl sites for hydroxylation is 3. The number of nitrogens with one attached hydrogen (secondary N) is 1. The molecule has 1 amide bonds. The molecule has 2 aromatic rings. The second-order valence-corrected chi connectivity index (χ2v) is 6.44. The zero-order valence-electron chi connectivity index (χ0n) is 15.0. The number of amides is 1. The Morgan fingerprint density at radius 1 is 1.23 bits per heavy atom. The van der Waals surface area contributed by atoms with Crippen molar-refractivity contribution in [3.63, 3.8) is 0 Å². The summed E-state index contributed by atoms with van der Waals surface area (Å²) in [6.45, 7) is 2.54. The molecule has 1 aliphatic heterocycles. The topological polar surface area (TPSA) is 77.8 Å². The maximum atomic E-state index is 12.5. The average molecular weight is 357 g/mol. The van der Waals surface area contributed by atoms with Crippen LogP contribution in [-0.2, 0) is 22.3 Å². The van der Waals surface area contributed by atoms with Crippen LogP contribution in [0.2, 0.25) is 0 Å². The van der Waals surface area contributed by atoms with Crippen LogP contribution >= 0.6 is 0 Å². The molecule has 0 spiro atoms. The van der Waals surface area contributed by atoms with Crippen molar-refractivity contribution in [1.82, 2.24) is 5.32 Å². The van der Waals surface area contributed by atoms with E-state index in [1.807, 2.05) is 30.3 Å². The molecule has 6 nitrogen and oxygen atoms in total. The summed E-state index contributed by atoms with van der Waals surface area (Å²) in [6.07, 6.45) is 1.16. The summed E-state index contributed by atoms with van der Waals surface area (Å²) in [6, 6.07) is 11.5. The van der Waals surface area contributed by atoms with Gasteiger partial charge in [0.15, 0.2) is 0 Å². The molecular weight excluding hydrogens is 334 g/mol. The number of methoxy groups -OCH3 is 1. The van der Waals surface area contributed by atoms with Crippen molar-refractivity contribution in [3.8, 4) is 0 Å². The molecule has 0 bridgehead atoms. The predicted molar refractivity (Wildman–Crippen MR) is 96.4 cm³/mol. The lowest BCUT2D eigenvalue weighted by Gasteiger charge is -2.17. The minimum atomic E-state index is -0.613. The number of hydrogen-bond acceptors (Lipinski definition) is 5. The highest BCUT2D eigenvalue weighted by Crippen LogP contribution is 2.13. The first kappa shape index (κ1) is 18.4. The van der Waals surface area contributed by atoms with Gasteiger partial charge in [0.05, 0.1) is 19.3 Å². The highest BCUT2D eigenvalue weighted by molar-refractivity contribution is 5.95. The van der Waals surface area contributed by atoms with Gasteiger partial charge in [-0.15, -0.1) is 0 Å². The minimum Gasteiger partial charge on any atom is -0.427 e. The second-order valence-electron chi connectivity index (χ2n) is 6.44. The summed E-state index contributed by atoms with van der Waals surface area (Å²) < 4.78 is 16.0. The third-order valence-corrected chi connectivity index (χ3v) is 4.58. The number of hydrogen-bond donors (Lipinski definition) is 1. The molecule has 138 valence electrons. The van der Waals surface area contributed by atoms with Gasteiger partial charge in [-0.25, -0.2) is 4.79 Å². The summed E-state index contributed by atoms with van der Waals surface area (Å²) in [5, 5.41) is 2.81. The first-order valence-corrected chi connectivity index (χ1v) is 8.67. The molecule has 3 rings (SSSR count). The van der Waals surface area contributed by atoms with Crippen LogP contribution in [0.3, 0.4) is 0 Å². The standard InChI is InChI=1S/C20H23NO5/c1-13-10-15(9-8-14-6-4-3-5-7-14)26-20(23)18(13)19(22)21-16-11-25-12-17(16)24-2/h3-7,10,16-17H,8-9,11-12H2,1-2H3,(H,21,22)/t16-,17+/m0/s1. The number of carbonyl (C=O) groups excluding carboxylic acids is 1. The minimum absolute atomic E-state index is 0.0372. The summed E-state index contributed by atoms with van der Waals surface area (Å²) in [4.78, 5) is 24.9. The molecule has 1 aromatic carbocycles. The zero-order chi connectivity index (χ0) is 18.5. The fourth-order valence-electron chi connectivity index (χ4n) is 3.12. The molecule has 6 heteroatoms. The SMILES string of the molecule is CO[C@@H]1COC[C@@H]1NC(=O)c1c(C)cc(CCc2ccccc2)oc1=O. The van der Waals surface area contributed by atoms with E-state index in [0.29, 0.717) is 31.0 Å². The van der Waals surface area contributed by atoms with E-state index in [4.69, 9.17) is 13.9 Å². The molecule has 0 unspecified atom stereocenters. The van der Waals surface area contributed by atoms with E-state index in [1.54, 1.807) is 20.1 Å². The van der Waals surface area contributed by atoms with E-state index >= 15 is 0 Å². The first-order chi connectivity index (χ1) is 12.6. The fraction of sp³-hybridized carbons (Fsp3) is 0.400. The van der Waals surface area contributed by atoms with Gasteiger partial charge in [0.2, 0.25) is 0 Å². The molecule has 1 saturated heterocycles. The third kappa shape index (κ3) is 4.20. The van der Waals surface area contributed by atoms with Gasteiger partial charge in [0.25, 0.3) is 5.91 Å². The first-order valence-electron chi connectivity index (χ1n) is 8.67. The van der Waals surface area contributed by atoms with Crippen LogP contribution in [0.1, 0.15) is 27.2 Å². The Balaban J connectivity index is 1.70. The second kappa shape index (κ2) is 8.29. The average Bonchev–Trinajstić information content (AvgIpc) is 3.07. The Labute approximate surface area is 152 Å². The Hall–Kier alpha value is -2.44. The van der Waals surface area contributed by atoms with Crippen LogP contribution in [0.5, 0.6) is 0 Å². The van der Waals surface area contributed by atoms with Crippen molar-refractivity contribution < 1.29 is 18.7 Å². The van der Waals surface area contributed by atoms with Gasteiger partial charge in [0.1, 0.15) is 17.4 Å². The van der Waals surface area contributed by atoms with Crippen LogP contribution in [0.25, 0.3) is 0 Å². The molecular formula is C20H23NO5. The molecule has 1 N–H and O–H groups in total. The molecule has 1 fully saturated rings. The summed E-state index contributed by atoms with van der Waals surface area (Å²) in [7, 11) is 1.57. The normalized spacial score (nSPS) is 19.5. The largest absolute Gasteiger partial charge is 0.427 e. The van der Waals surface area contributed by atoms with Gasteiger partial charge in [-0.3, -0.25) is 4.79 Å². The lowest BCUT2D eigenvalue weighted by atomic mass is 10.1. The van der Waals surface area contributed by atoms with Crippen molar-refractivity contribution in [3.05, 3.63) is 69.3 Å². The Morgan fingerprint density at radius 3 is 2.69 bits per heavy atom. The highest BCUT2D eigenvalue weighted by Gasteiger charge is 2.31. The van der Waals surface area contributed by atoms with Crippen LogP contribution in [0.15, 0.2) is 45.6 Å². The van der Waals surface area contributed by atoms with E-state index in [1.165, 1.54) is 5.56 Å². The lowest BCUT2D eigenvalue weighted by molar-refractivity contribution is 0.0684. The lowest BCUT2D eigenvalue weighted by Crippen LogP contribution is -2.44. The van der Waals surface area contributed by atoms with Crippen molar-refractivity contribution in [2.45, 2.75) is 31.9 Å². The maximum Gasteiger partial charge on any atom is 0.349 e. The quantitative estimate of drug-likeness (QED) is 0.854. The van der Waals surface area contributed by atoms with Gasteiger partial charge in [-0.2, -0.15) is 0 Å². The van der Waals surface area contributed by atoms with Crippen LogP contribution in [-0.4, -0.2) is 38.4 Å². The molecule has 0 saturated carbocycles. The van der Waals surface area contributed by atoms with Crippen molar-refractivity contribution in [2.24, 2.45) is 0 Å². The van der Waals surface area contributed by atoms with Crippen LogP contribution in [0, 0.1) is 6.92 Å². The molecule has 26 heavy (non-hydrogen) atoms. The molecule has 0 radical (unpaired) electrons. The number of carbonyl (C=O) groups is 1. The summed E-state index contributed by atoms with van der Waals surface area (Å²) in [5.74, 6) is 0.121. The van der Waals surface area contributed by atoms with Crippen LogP contribution in [0.4, 0.5) is 0 Å². The molecule has 0 aliphatic carbocycles. The van der Waals surface area contributed by atoms with Crippen molar-refractivity contribution in [2.75, 3.05) is 20.3 Å². The van der Waals surface area contributed by atoms with Gasteiger partial charge >= 0.3 is 5.63 Å². The number of rotatable bonds is 6. The fourth-order valence-corrected chi connectivity index (χ4v) is 3.12. The zero-order valence-corrected chi connectivity index (χ0v) is 15.0. The Kier molecular flexibility index (Phi) is 5.85. The molecule has 1 aliphatic rings. The van der Waals surface area contributed by atoms with Gasteiger partial charge in [-0.1, -0.05) is 30.3 Å². The molecule has 2 atom stereocenters. The smallest absolute Gasteiger partial charge is 0.349 e. The van der Waals surface area contributed by atoms with E-state index < -0.39 is 11.5 Å². The van der Waals surface area contributed by atoms with Crippen LogP contribution < -0.4 is 10.9 Å². The van der Waals surface area contributed by atoms with E-state index in [9.17, 15) is 9.59 Å². The highest BCUT2D eigenvalue weighted by atomic mass is 16.5. The molecule has 1 aromatic heterocycles. The predicted octanol–water partition coefficient (Wildman–Crippen LogP) is 1.88. The van der Waals surface area contributed by atoms with Crippen molar-refractivity contribution in [1.29, 1.82) is 0 Å². The van der Waals surface area contributed by atoms with E-state index in [-0.39, 0.29) is 17.7 Å². The van der Waals surface area contributed by atoms with Gasteiger partial charge < -0.3 is 19.2 Å². The van der Waals surface area contributed by atoms with Crippen molar-refractivity contribution >= 4 is 5.91 Å². The molecule has 2 heterocycles. The number of ether oxygens (including phenoxy) is 2. The summed E-state index contributed by atoms with van der Waals surface area (Å²) in [5.41, 5.74) is 1.20. The van der Waals surface area contributed by atoms with E-state index in [2.05, 4.69) is 5.32 Å².